The fourth-order valence-electron chi connectivity index (χ4n) is 2.61. The summed E-state index contributed by atoms with van der Waals surface area (Å²) in [6, 6.07) is 15.9. The summed E-state index contributed by atoms with van der Waals surface area (Å²) in [6.07, 6.45) is 0.833. The van der Waals surface area contributed by atoms with Gasteiger partial charge in [0.05, 0.1) is 0 Å². The van der Waals surface area contributed by atoms with E-state index in [0.717, 1.165) is 27.4 Å². The predicted molar refractivity (Wildman–Crippen MR) is 83.4 cm³/mol. The van der Waals surface area contributed by atoms with Gasteiger partial charge in [-0.15, -0.1) is 0 Å². The highest BCUT2D eigenvalue weighted by molar-refractivity contribution is 9.10. The molecule has 0 radical (unpaired) electrons. The largest absolute Gasteiger partial charge is 0.299 e. The lowest BCUT2D eigenvalue weighted by Crippen LogP contribution is -2.36. The molecule has 1 atom stereocenters. The molecule has 0 saturated carbocycles. The van der Waals surface area contributed by atoms with Crippen LogP contribution in [-0.2, 0) is 22.9 Å². The van der Waals surface area contributed by atoms with Crippen LogP contribution in [0.2, 0.25) is 0 Å². The maximum atomic E-state index is 11.6. The molecule has 0 amide bonds. The van der Waals surface area contributed by atoms with Gasteiger partial charge >= 0.3 is 0 Å². The van der Waals surface area contributed by atoms with E-state index in [-0.39, 0.29) is 0 Å². The highest BCUT2D eigenvalue weighted by atomic mass is 79.9. The predicted octanol–water partition coefficient (Wildman–Crippen LogP) is 4.06. The summed E-state index contributed by atoms with van der Waals surface area (Å²) in [6.45, 7) is 1.33. The Morgan fingerprint density at radius 1 is 1.20 bits per heavy atom. The number of carbonyl (C=O) groups excluding carboxylic acids is 1. The van der Waals surface area contributed by atoms with Gasteiger partial charge in [-0.1, -0.05) is 63.9 Å². The summed E-state index contributed by atoms with van der Waals surface area (Å²) in [5, 5.41) is 0. The quantitative estimate of drug-likeness (QED) is 0.473. The molecule has 4 heteroatoms. The van der Waals surface area contributed by atoms with Crippen LogP contribution in [0.3, 0.4) is 0 Å². The molecule has 0 saturated heterocycles. The normalized spacial score (nSPS) is 21.7. The first-order valence-electron chi connectivity index (χ1n) is 6.36. The van der Waals surface area contributed by atoms with Gasteiger partial charge in [-0.3, -0.25) is 9.69 Å². The Hall–Kier alpha value is -1.16. The van der Waals surface area contributed by atoms with E-state index >= 15 is 0 Å². The van der Waals surface area contributed by atoms with Crippen molar-refractivity contribution in [3.8, 4) is 0 Å². The number of alkyl halides is 1. The number of fused-ring (bicyclic) bond motifs is 1. The van der Waals surface area contributed by atoms with Crippen LogP contribution in [0.1, 0.15) is 16.7 Å². The topological polar surface area (TPSA) is 20.3 Å². The summed E-state index contributed by atoms with van der Waals surface area (Å²) in [7, 11) is 0. The second kappa shape index (κ2) is 5.32. The lowest BCUT2D eigenvalue weighted by Gasteiger charge is -2.28. The fourth-order valence-corrected chi connectivity index (χ4v) is 3.18. The van der Waals surface area contributed by atoms with Gasteiger partial charge in [0.2, 0.25) is 0 Å². The first-order valence-corrected chi connectivity index (χ1v) is 7.54. The van der Waals surface area contributed by atoms with Crippen molar-refractivity contribution in [2.24, 2.45) is 0 Å². The molecule has 0 bridgehead atoms. The van der Waals surface area contributed by atoms with Crippen molar-refractivity contribution >= 4 is 33.8 Å². The maximum Gasteiger partial charge on any atom is 0.178 e. The minimum atomic E-state index is -1.05. The van der Waals surface area contributed by atoms with Crippen LogP contribution in [0, 0.1) is 0 Å². The van der Waals surface area contributed by atoms with E-state index in [1.54, 1.807) is 0 Å². The van der Waals surface area contributed by atoms with E-state index < -0.39 is 5.00 Å². The Morgan fingerprint density at radius 2 is 1.90 bits per heavy atom. The molecule has 0 aromatic heterocycles. The highest BCUT2D eigenvalue weighted by Gasteiger charge is 2.43. The minimum absolute atomic E-state index is 0.643. The number of hydrogen-bond donors (Lipinski definition) is 0. The number of nitrogens with zero attached hydrogens (tertiary/aromatic N) is 1. The first kappa shape index (κ1) is 13.8. The Bertz CT molecular complexity index is 643. The molecule has 0 aliphatic carbocycles. The molecule has 2 aromatic rings. The molecular weight excluding hydrogens is 338 g/mol. The van der Waals surface area contributed by atoms with Crippen LogP contribution in [0.15, 0.2) is 53.0 Å². The van der Waals surface area contributed by atoms with Gasteiger partial charge in [-0.05, 0) is 28.8 Å². The summed E-state index contributed by atoms with van der Waals surface area (Å²) < 4.78 is 1.04. The first-order chi connectivity index (χ1) is 9.63. The molecule has 2 nitrogen and oxygen atoms in total. The van der Waals surface area contributed by atoms with Crippen molar-refractivity contribution < 1.29 is 4.79 Å². The fraction of sp³-hybridized carbons (Fsp3) is 0.188. The average molecular weight is 351 g/mol. The van der Waals surface area contributed by atoms with Gasteiger partial charge in [0, 0.05) is 17.6 Å². The van der Waals surface area contributed by atoms with E-state index in [2.05, 4.69) is 15.9 Å². The Kier molecular flexibility index (Phi) is 3.67. The Labute approximate surface area is 131 Å². The average Bonchev–Trinajstić information content (AvgIpc) is 2.75. The van der Waals surface area contributed by atoms with Crippen molar-refractivity contribution in [1.82, 2.24) is 4.90 Å². The third-order valence-electron chi connectivity index (χ3n) is 3.66. The Morgan fingerprint density at radius 3 is 2.60 bits per heavy atom. The van der Waals surface area contributed by atoms with Gasteiger partial charge in [0.15, 0.2) is 11.3 Å². The molecule has 3 rings (SSSR count). The molecule has 0 fully saturated rings. The van der Waals surface area contributed by atoms with Crippen LogP contribution in [-0.4, -0.2) is 11.2 Å². The zero-order chi connectivity index (χ0) is 14.2. The van der Waals surface area contributed by atoms with Gasteiger partial charge in [0.25, 0.3) is 0 Å². The summed E-state index contributed by atoms with van der Waals surface area (Å²) >= 11 is 10.0. The zero-order valence-electron chi connectivity index (χ0n) is 10.7. The Balaban J connectivity index is 1.92. The third-order valence-corrected chi connectivity index (χ3v) is 4.72. The lowest BCUT2D eigenvalue weighted by molar-refractivity contribution is -0.114. The summed E-state index contributed by atoms with van der Waals surface area (Å²) in [5.41, 5.74) is 3.15. The van der Waals surface area contributed by atoms with Gasteiger partial charge in [-0.25, -0.2) is 0 Å². The van der Waals surface area contributed by atoms with Gasteiger partial charge in [-0.2, -0.15) is 0 Å². The van der Waals surface area contributed by atoms with Crippen LogP contribution in [0.5, 0.6) is 0 Å². The molecule has 1 aliphatic rings. The van der Waals surface area contributed by atoms with Gasteiger partial charge in [0.1, 0.15) is 0 Å². The molecular formula is C16H13BrClNO. The lowest BCUT2D eigenvalue weighted by atomic mass is 10.1. The molecule has 1 unspecified atom stereocenters. The number of carbonyl (C=O) groups is 1. The molecule has 0 spiro atoms. The van der Waals surface area contributed by atoms with Crippen molar-refractivity contribution in [3.63, 3.8) is 0 Å². The number of rotatable bonds is 3. The van der Waals surface area contributed by atoms with Crippen LogP contribution in [0.4, 0.5) is 0 Å². The molecule has 2 aromatic carbocycles. The number of benzene rings is 2. The second-order valence-corrected chi connectivity index (χ2v) is 6.42. The van der Waals surface area contributed by atoms with Crippen LogP contribution in [0.25, 0.3) is 0 Å². The van der Waals surface area contributed by atoms with E-state index in [1.807, 2.05) is 53.4 Å². The van der Waals surface area contributed by atoms with Crippen molar-refractivity contribution in [3.05, 3.63) is 69.7 Å². The summed E-state index contributed by atoms with van der Waals surface area (Å²) in [4.78, 5) is 12.5. The number of aldehydes is 1. The summed E-state index contributed by atoms with van der Waals surface area (Å²) in [5.74, 6) is 0. The third kappa shape index (κ3) is 2.30. The molecule has 1 aliphatic heterocycles. The van der Waals surface area contributed by atoms with Crippen molar-refractivity contribution in [2.75, 3.05) is 0 Å². The van der Waals surface area contributed by atoms with Crippen LogP contribution < -0.4 is 0 Å². The van der Waals surface area contributed by atoms with E-state index in [1.165, 1.54) is 0 Å². The standard InChI is InChI=1S/C16H13BrClNO/c17-14-7-5-12(6-8-14)9-19-10-13-3-1-2-4-15(13)16(19,18)11-20/h1-8,11H,9-10H2. The van der Waals surface area contributed by atoms with E-state index in [0.29, 0.717) is 13.1 Å². The minimum Gasteiger partial charge on any atom is -0.299 e. The number of halogens is 2. The number of hydrogen-bond acceptors (Lipinski definition) is 2. The van der Waals surface area contributed by atoms with Crippen LogP contribution >= 0.6 is 27.5 Å². The molecule has 0 N–H and O–H groups in total. The van der Waals surface area contributed by atoms with Crippen molar-refractivity contribution in [1.29, 1.82) is 0 Å². The zero-order valence-corrected chi connectivity index (χ0v) is 13.1. The highest BCUT2D eigenvalue weighted by Crippen LogP contribution is 2.41. The SMILES string of the molecule is O=CC1(Cl)c2ccccc2CN1Cc1ccc(Br)cc1. The molecule has 1 heterocycles. The molecule has 20 heavy (non-hydrogen) atoms. The van der Waals surface area contributed by atoms with E-state index in [4.69, 9.17) is 11.6 Å². The van der Waals surface area contributed by atoms with E-state index in [9.17, 15) is 4.79 Å². The monoisotopic (exact) mass is 349 g/mol. The maximum absolute atomic E-state index is 11.6. The smallest absolute Gasteiger partial charge is 0.178 e. The van der Waals surface area contributed by atoms with Gasteiger partial charge < -0.3 is 0 Å². The van der Waals surface area contributed by atoms with Crippen molar-refractivity contribution in [2.45, 2.75) is 18.1 Å². The second-order valence-electron chi connectivity index (χ2n) is 4.93. The molecule has 102 valence electrons.